The van der Waals surface area contributed by atoms with Gasteiger partial charge in [-0.1, -0.05) is 0 Å². The lowest BCUT2D eigenvalue weighted by Gasteiger charge is -2.31. The van der Waals surface area contributed by atoms with E-state index in [1.165, 1.54) is 7.11 Å². The number of methoxy groups -OCH3 is 1. The first-order valence-corrected chi connectivity index (χ1v) is 7.87. The molecule has 0 aromatic heterocycles. The summed E-state index contributed by atoms with van der Waals surface area (Å²) in [6, 6.07) is 0.242. The fourth-order valence-electron chi connectivity index (χ4n) is 2.35. The van der Waals surface area contributed by atoms with Crippen molar-refractivity contribution in [1.82, 2.24) is 10.2 Å². The molecule has 0 spiro atoms. The Bertz CT molecular complexity index is 295. The van der Waals surface area contributed by atoms with Crippen molar-refractivity contribution >= 4 is 5.97 Å². The maximum Gasteiger partial charge on any atom is 0.325 e. The molecule has 0 radical (unpaired) electrons. The summed E-state index contributed by atoms with van der Waals surface area (Å²) in [7, 11) is 3.52. The molecular formula is C16H34N2O3. The average molecular weight is 302 g/mol. The van der Waals surface area contributed by atoms with Gasteiger partial charge in [0, 0.05) is 12.6 Å². The van der Waals surface area contributed by atoms with Crippen LogP contribution in [0.1, 0.15) is 47.5 Å². The van der Waals surface area contributed by atoms with E-state index in [9.17, 15) is 4.79 Å². The van der Waals surface area contributed by atoms with Gasteiger partial charge in [-0.25, -0.2) is 0 Å². The zero-order valence-electron chi connectivity index (χ0n) is 14.9. The third-order valence-corrected chi connectivity index (χ3v) is 3.38. The Hall–Kier alpha value is -0.650. The molecule has 0 rings (SSSR count). The Morgan fingerprint density at radius 2 is 1.86 bits per heavy atom. The van der Waals surface area contributed by atoms with Gasteiger partial charge in [0.2, 0.25) is 0 Å². The van der Waals surface area contributed by atoms with Crippen molar-refractivity contribution in [3.63, 3.8) is 0 Å². The molecule has 126 valence electrons. The minimum atomic E-state index is -0.613. The van der Waals surface area contributed by atoms with E-state index in [4.69, 9.17) is 9.47 Å². The molecule has 0 fully saturated rings. The second-order valence-electron chi connectivity index (χ2n) is 6.45. The molecule has 0 saturated heterocycles. The van der Waals surface area contributed by atoms with Gasteiger partial charge in [-0.2, -0.15) is 0 Å². The number of rotatable bonds is 11. The van der Waals surface area contributed by atoms with E-state index in [0.29, 0.717) is 0 Å². The fraction of sp³-hybridized carbons (Fsp3) is 0.938. The third kappa shape index (κ3) is 9.06. The van der Waals surface area contributed by atoms with E-state index >= 15 is 0 Å². The highest BCUT2D eigenvalue weighted by Gasteiger charge is 2.34. The summed E-state index contributed by atoms with van der Waals surface area (Å²) < 4.78 is 10.5. The Kier molecular flexibility index (Phi) is 9.83. The van der Waals surface area contributed by atoms with Crippen molar-refractivity contribution in [2.75, 3.05) is 33.9 Å². The number of hydrogen-bond acceptors (Lipinski definition) is 5. The van der Waals surface area contributed by atoms with Gasteiger partial charge < -0.3 is 14.4 Å². The third-order valence-electron chi connectivity index (χ3n) is 3.38. The predicted molar refractivity (Wildman–Crippen MR) is 86.5 cm³/mol. The van der Waals surface area contributed by atoms with Crippen LogP contribution in [-0.2, 0) is 14.3 Å². The Morgan fingerprint density at radius 1 is 1.24 bits per heavy atom. The molecule has 0 heterocycles. The number of nitrogens with one attached hydrogen (secondary N) is 1. The molecular weight excluding hydrogens is 268 g/mol. The SMILES string of the molecule is COC(=O)C(C)(CCCN(C)CCOC(C)C)NC(C)C. The van der Waals surface area contributed by atoms with E-state index in [1.807, 2.05) is 34.6 Å². The zero-order chi connectivity index (χ0) is 16.5. The second-order valence-corrected chi connectivity index (χ2v) is 6.45. The second kappa shape index (κ2) is 10.1. The van der Waals surface area contributed by atoms with Gasteiger partial charge in [-0.3, -0.25) is 10.1 Å². The first-order valence-electron chi connectivity index (χ1n) is 7.87. The number of likely N-dealkylation sites (N-methyl/N-ethyl adjacent to an activating group) is 1. The first-order chi connectivity index (χ1) is 9.71. The molecule has 1 atom stereocenters. The molecule has 1 unspecified atom stereocenters. The Balaban J connectivity index is 4.16. The number of nitrogens with zero attached hydrogens (tertiary/aromatic N) is 1. The fourth-order valence-corrected chi connectivity index (χ4v) is 2.35. The zero-order valence-corrected chi connectivity index (χ0v) is 14.9. The van der Waals surface area contributed by atoms with Gasteiger partial charge in [0.05, 0.1) is 19.8 Å². The lowest BCUT2D eigenvalue weighted by Crippen LogP contribution is -2.53. The van der Waals surface area contributed by atoms with Gasteiger partial charge in [-0.15, -0.1) is 0 Å². The number of esters is 1. The monoisotopic (exact) mass is 302 g/mol. The van der Waals surface area contributed by atoms with Gasteiger partial charge in [-0.05, 0) is 61.1 Å². The van der Waals surface area contributed by atoms with Crippen molar-refractivity contribution in [3.05, 3.63) is 0 Å². The molecule has 0 amide bonds. The molecule has 5 heteroatoms. The minimum Gasteiger partial charge on any atom is -0.468 e. The van der Waals surface area contributed by atoms with Crippen LogP contribution in [0.2, 0.25) is 0 Å². The number of carbonyl (C=O) groups is 1. The molecule has 0 aliphatic rings. The van der Waals surface area contributed by atoms with Crippen LogP contribution in [0.4, 0.5) is 0 Å². The summed E-state index contributed by atoms with van der Waals surface area (Å²) in [6.45, 7) is 12.7. The van der Waals surface area contributed by atoms with Crippen LogP contribution in [0.25, 0.3) is 0 Å². The summed E-state index contributed by atoms with van der Waals surface area (Å²) in [5, 5.41) is 3.32. The lowest BCUT2D eigenvalue weighted by atomic mass is 9.94. The normalized spacial score (nSPS) is 14.8. The van der Waals surface area contributed by atoms with Crippen LogP contribution < -0.4 is 5.32 Å². The summed E-state index contributed by atoms with van der Waals surface area (Å²) in [5.41, 5.74) is -0.613. The van der Waals surface area contributed by atoms with Gasteiger partial charge in [0.1, 0.15) is 5.54 Å². The van der Waals surface area contributed by atoms with Crippen LogP contribution in [-0.4, -0.2) is 62.4 Å². The van der Waals surface area contributed by atoms with E-state index in [0.717, 1.165) is 32.5 Å². The summed E-state index contributed by atoms with van der Waals surface area (Å²) in [6.07, 6.45) is 1.97. The minimum absolute atomic E-state index is 0.193. The van der Waals surface area contributed by atoms with Crippen molar-refractivity contribution in [1.29, 1.82) is 0 Å². The molecule has 0 aromatic rings. The molecule has 0 aromatic carbocycles. The number of ether oxygens (including phenoxy) is 2. The molecule has 0 saturated carbocycles. The highest BCUT2D eigenvalue weighted by atomic mass is 16.5. The largest absolute Gasteiger partial charge is 0.468 e. The Morgan fingerprint density at radius 3 is 2.33 bits per heavy atom. The first kappa shape index (κ1) is 20.3. The van der Waals surface area contributed by atoms with Crippen molar-refractivity contribution < 1.29 is 14.3 Å². The number of hydrogen-bond donors (Lipinski definition) is 1. The lowest BCUT2D eigenvalue weighted by molar-refractivity contribution is -0.148. The maximum atomic E-state index is 12.0. The van der Waals surface area contributed by atoms with E-state index < -0.39 is 5.54 Å². The van der Waals surface area contributed by atoms with Crippen LogP contribution in [0.15, 0.2) is 0 Å². The van der Waals surface area contributed by atoms with Crippen LogP contribution in [0, 0.1) is 0 Å². The van der Waals surface area contributed by atoms with Crippen molar-refractivity contribution in [2.24, 2.45) is 0 Å². The molecule has 1 N–H and O–H groups in total. The molecule has 0 bridgehead atoms. The van der Waals surface area contributed by atoms with Gasteiger partial charge in [0.15, 0.2) is 0 Å². The van der Waals surface area contributed by atoms with Crippen LogP contribution in [0.3, 0.4) is 0 Å². The highest BCUT2D eigenvalue weighted by Crippen LogP contribution is 2.16. The number of carbonyl (C=O) groups excluding carboxylic acids is 1. The molecule has 21 heavy (non-hydrogen) atoms. The topological polar surface area (TPSA) is 50.8 Å². The van der Waals surface area contributed by atoms with E-state index in [1.54, 1.807) is 0 Å². The maximum absolute atomic E-state index is 12.0. The Labute approximate surface area is 130 Å². The predicted octanol–water partition coefficient (Wildman–Crippen LogP) is 2.05. The van der Waals surface area contributed by atoms with E-state index in [2.05, 4.69) is 17.3 Å². The summed E-state index contributed by atoms with van der Waals surface area (Å²) in [4.78, 5) is 14.2. The molecule has 0 aliphatic heterocycles. The molecule has 5 nitrogen and oxygen atoms in total. The smallest absolute Gasteiger partial charge is 0.325 e. The quantitative estimate of drug-likeness (QED) is 0.592. The summed E-state index contributed by atoms with van der Waals surface area (Å²) >= 11 is 0. The molecule has 0 aliphatic carbocycles. The summed E-state index contributed by atoms with van der Waals surface area (Å²) in [5.74, 6) is -0.193. The average Bonchev–Trinajstić information content (AvgIpc) is 2.36. The van der Waals surface area contributed by atoms with Crippen LogP contribution in [0.5, 0.6) is 0 Å². The van der Waals surface area contributed by atoms with E-state index in [-0.39, 0.29) is 18.1 Å². The van der Waals surface area contributed by atoms with Gasteiger partial charge >= 0.3 is 5.97 Å². The highest BCUT2D eigenvalue weighted by molar-refractivity contribution is 5.80. The van der Waals surface area contributed by atoms with Gasteiger partial charge in [0.25, 0.3) is 0 Å². The van der Waals surface area contributed by atoms with Crippen molar-refractivity contribution in [2.45, 2.75) is 65.1 Å². The van der Waals surface area contributed by atoms with Crippen LogP contribution >= 0.6 is 0 Å². The standard InChI is InChI=1S/C16H34N2O3/c1-13(2)17-16(5,15(19)20-7)9-8-10-18(6)11-12-21-14(3)4/h13-14,17H,8-12H2,1-7H3. The van der Waals surface area contributed by atoms with Crippen molar-refractivity contribution in [3.8, 4) is 0 Å².